The Hall–Kier alpha value is -0.810. The van der Waals surface area contributed by atoms with Crippen LogP contribution >= 0.6 is 0 Å². The van der Waals surface area contributed by atoms with Crippen LogP contribution in [0, 0.1) is 0 Å². The van der Waals surface area contributed by atoms with Crippen LogP contribution in [0.2, 0.25) is 0 Å². The van der Waals surface area contributed by atoms with Crippen LogP contribution in [-0.4, -0.2) is 56.1 Å². The average Bonchev–Trinajstić information content (AvgIpc) is 2.81. The summed E-state index contributed by atoms with van der Waals surface area (Å²) in [6, 6.07) is 0. The first-order valence-electron chi connectivity index (χ1n) is 14.2. The molecule has 0 bridgehead atoms. The number of ether oxygens (including phenoxy) is 2. The number of unbranched alkanes of at least 4 members (excludes halogenated alkanes) is 19. The minimum atomic E-state index is -0.579. The van der Waals surface area contributed by atoms with Gasteiger partial charge in [-0.05, 0) is 6.42 Å². The van der Waals surface area contributed by atoms with Gasteiger partial charge in [0, 0.05) is 20.7 Å². The van der Waals surface area contributed by atoms with E-state index in [1.54, 1.807) is 14.1 Å². The van der Waals surface area contributed by atoms with Crippen LogP contribution in [0.4, 0.5) is 4.79 Å². The molecule has 0 saturated heterocycles. The molecule has 0 aliphatic carbocycles. The maximum absolute atomic E-state index is 11.5. The van der Waals surface area contributed by atoms with Crippen molar-refractivity contribution in [2.24, 2.45) is 0 Å². The molecule has 0 aromatic rings. The van der Waals surface area contributed by atoms with Gasteiger partial charge in [0.25, 0.3) is 0 Å². The Bertz CT molecular complexity index is 403. The Kier molecular flexibility index (Phi) is 25.2. The summed E-state index contributed by atoms with van der Waals surface area (Å²) in [5.74, 6) is 0. The summed E-state index contributed by atoms with van der Waals surface area (Å²) in [6.07, 6.45) is 26.5. The smallest absolute Gasteiger partial charge is 0.409 e. The molecule has 0 spiro atoms. The lowest BCUT2D eigenvalue weighted by Crippen LogP contribution is -2.32. The highest BCUT2D eigenvalue weighted by Gasteiger charge is 2.14. The molecule has 33 heavy (non-hydrogen) atoms. The van der Waals surface area contributed by atoms with Crippen molar-refractivity contribution in [3.8, 4) is 0 Å². The normalized spacial score (nSPS) is 12.1. The summed E-state index contributed by atoms with van der Waals surface area (Å²) in [5, 5.41) is 9.25. The van der Waals surface area contributed by atoms with Crippen LogP contribution in [0.25, 0.3) is 0 Å². The van der Waals surface area contributed by atoms with Crippen LogP contribution in [0.5, 0.6) is 0 Å². The van der Waals surface area contributed by atoms with Gasteiger partial charge in [-0.15, -0.1) is 0 Å². The molecular formula is C28H57NO4. The summed E-state index contributed by atoms with van der Waals surface area (Å²) in [6.45, 7) is 3.00. The van der Waals surface area contributed by atoms with E-state index < -0.39 is 12.2 Å². The minimum absolute atomic E-state index is 0.209. The van der Waals surface area contributed by atoms with Crippen LogP contribution in [0.3, 0.4) is 0 Å². The van der Waals surface area contributed by atoms with Crippen molar-refractivity contribution in [3.63, 3.8) is 0 Å². The lowest BCUT2D eigenvalue weighted by atomic mass is 10.0. The molecule has 1 atom stereocenters. The number of amides is 1. The van der Waals surface area contributed by atoms with Gasteiger partial charge in [0.1, 0.15) is 6.10 Å². The third kappa shape index (κ3) is 24.1. The Balaban J connectivity index is 3.20. The van der Waals surface area contributed by atoms with E-state index in [0.29, 0.717) is 6.61 Å². The fourth-order valence-electron chi connectivity index (χ4n) is 4.05. The zero-order chi connectivity index (χ0) is 24.4. The largest absolute Gasteiger partial charge is 0.441 e. The van der Waals surface area contributed by atoms with Crippen LogP contribution in [0.1, 0.15) is 135 Å². The number of rotatable bonds is 25. The molecule has 0 aromatic heterocycles. The Morgan fingerprint density at radius 2 is 1.03 bits per heavy atom. The van der Waals surface area contributed by atoms with Crippen molar-refractivity contribution in [1.29, 1.82) is 0 Å². The second-order valence-electron chi connectivity index (χ2n) is 9.88. The van der Waals surface area contributed by atoms with E-state index >= 15 is 0 Å². The number of aliphatic hydroxyl groups excluding tert-OH is 1. The van der Waals surface area contributed by atoms with Crippen molar-refractivity contribution in [2.75, 3.05) is 33.9 Å². The maximum Gasteiger partial charge on any atom is 0.409 e. The molecule has 1 N–H and O–H groups in total. The highest BCUT2D eigenvalue weighted by atomic mass is 16.6. The Morgan fingerprint density at radius 3 is 1.36 bits per heavy atom. The summed E-state index contributed by atoms with van der Waals surface area (Å²) in [7, 11) is 3.24. The monoisotopic (exact) mass is 471 g/mol. The lowest BCUT2D eigenvalue weighted by molar-refractivity contribution is -0.0157. The van der Waals surface area contributed by atoms with Crippen LogP contribution in [0.15, 0.2) is 0 Å². The number of carbonyl (C=O) groups excluding carboxylic acids is 1. The van der Waals surface area contributed by atoms with E-state index in [2.05, 4.69) is 6.92 Å². The first-order valence-corrected chi connectivity index (χ1v) is 14.2. The lowest BCUT2D eigenvalue weighted by Gasteiger charge is -2.18. The van der Waals surface area contributed by atoms with Crippen LogP contribution < -0.4 is 0 Å². The van der Waals surface area contributed by atoms with Gasteiger partial charge in [0.2, 0.25) is 0 Å². The number of aliphatic hydroxyl groups is 1. The average molecular weight is 472 g/mol. The van der Waals surface area contributed by atoms with Crippen molar-refractivity contribution in [3.05, 3.63) is 0 Å². The fourth-order valence-corrected chi connectivity index (χ4v) is 4.05. The topological polar surface area (TPSA) is 59.0 Å². The van der Waals surface area contributed by atoms with Gasteiger partial charge in [0.15, 0.2) is 0 Å². The third-order valence-corrected chi connectivity index (χ3v) is 6.28. The maximum atomic E-state index is 11.5. The molecule has 0 aliphatic rings. The zero-order valence-corrected chi connectivity index (χ0v) is 22.5. The van der Waals surface area contributed by atoms with E-state index in [-0.39, 0.29) is 13.2 Å². The molecule has 0 radical (unpaired) electrons. The highest BCUT2D eigenvalue weighted by molar-refractivity contribution is 5.66. The molecule has 5 heteroatoms. The standard InChI is InChI=1S/C28H57NO4/c1-4-5-6-7-8-9-10-11-12-13-14-15-16-17-18-19-20-21-22-23-24-32-26-27(25-30)33-28(31)29(2)3/h27,30H,4-26H2,1-3H3/t27-/m0/s1. The quantitative estimate of drug-likeness (QED) is 0.138. The van der Waals surface area contributed by atoms with E-state index in [0.717, 1.165) is 6.42 Å². The number of carbonyl (C=O) groups is 1. The highest BCUT2D eigenvalue weighted by Crippen LogP contribution is 2.14. The summed E-state index contributed by atoms with van der Waals surface area (Å²) in [5.41, 5.74) is 0. The van der Waals surface area contributed by atoms with E-state index in [9.17, 15) is 9.90 Å². The fraction of sp³-hybridized carbons (Fsp3) is 0.964. The number of hydrogen-bond donors (Lipinski definition) is 1. The second-order valence-corrected chi connectivity index (χ2v) is 9.88. The molecule has 0 aromatic carbocycles. The van der Waals surface area contributed by atoms with Crippen molar-refractivity contribution in [1.82, 2.24) is 4.90 Å². The molecule has 5 nitrogen and oxygen atoms in total. The van der Waals surface area contributed by atoms with Gasteiger partial charge in [-0.1, -0.05) is 129 Å². The van der Waals surface area contributed by atoms with E-state index in [1.807, 2.05) is 0 Å². The molecule has 0 heterocycles. The van der Waals surface area contributed by atoms with Crippen molar-refractivity contribution in [2.45, 2.75) is 141 Å². The Labute approximate surface area is 206 Å². The van der Waals surface area contributed by atoms with Gasteiger partial charge in [-0.2, -0.15) is 0 Å². The SMILES string of the molecule is CCCCCCCCCCCCCCCCCCCCCCOC[C@H](CO)OC(=O)N(C)C. The van der Waals surface area contributed by atoms with Gasteiger partial charge in [-0.3, -0.25) is 0 Å². The first-order chi connectivity index (χ1) is 16.1. The van der Waals surface area contributed by atoms with Gasteiger partial charge in [0.05, 0.1) is 13.2 Å². The third-order valence-electron chi connectivity index (χ3n) is 6.28. The molecule has 0 saturated carbocycles. The molecule has 198 valence electrons. The second kappa shape index (κ2) is 25.8. The zero-order valence-electron chi connectivity index (χ0n) is 22.5. The van der Waals surface area contributed by atoms with Crippen molar-refractivity contribution < 1.29 is 19.4 Å². The Morgan fingerprint density at radius 1 is 0.667 bits per heavy atom. The van der Waals surface area contributed by atoms with E-state index in [1.165, 1.54) is 127 Å². The number of hydrogen-bond acceptors (Lipinski definition) is 4. The predicted molar refractivity (Wildman–Crippen MR) is 140 cm³/mol. The van der Waals surface area contributed by atoms with Crippen LogP contribution in [-0.2, 0) is 9.47 Å². The first kappa shape index (κ1) is 32.2. The van der Waals surface area contributed by atoms with Gasteiger partial charge in [-0.25, -0.2) is 4.79 Å². The molecule has 0 fully saturated rings. The summed E-state index contributed by atoms with van der Waals surface area (Å²) >= 11 is 0. The van der Waals surface area contributed by atoms with Gasteiger partial charge < -0.3 is 19.5 Å². The molecule has 0 unspecified atom stereocenters. The molecular weight excluding hydrogens is 414 g/mol. The number of nitrogens with zero attached hydrogens (tertiary/aromatic N) is 1. The van der Waals surface area contributed by atoms with Crippen molar-refractivity contribution >= 4 is 6.09 Å². The van der Waals surface area contributed by atoms with E-state index in [4.69, 9.17) is 9.47 Å². The summed E-state index contributed by atoms with van der Waals surface area (Å²) < 4.78 is 10.7. The summed E-state index contributed by atoms with van der Waals surface area (Å²) in [4.78, 5) is 12.8. The molecule has 1 amide bonds. The van der Waals surface area contributed by atoms with Gasteiger partial charge >= 0.3 is 6.09 Å². The molecule has 0 aliphatic heterocycles. The predicted octanol–water partition coefficient (Wildman–Crippen LogP) is 7.88. The minimum Gasteiger partial charge on any atom is -0.441 e. The molecule has 0 rings (SSSR count).